The van der Waals surface area contributed by atoms with Crippen LogP contribution in [0.4, 0.5) is 13.2 Å². The number of carbonyl (C=O) groups is 1. The molecular weight excluding hydrogens is 363 g/mol. The topological polar surface area (TPSA) is 67.8 Å². The first-order valence-corrected chi connectivity index (χ1v) is 8.82. The summed E-state index contributed by atoms with van der Waals surface area (Å²) in [6, 6.07) is 4.87. The summed E-state index contributed by atoms with van der Waals surface area (Å²) in [7, 11) is 1.47. The van der Waals surface area contributed by atoms with Crippen molar-refractivity contribution >= 4 is 5.91 Å². The van der Waals surface area contributed by atoms with Gasteiger partial charge in [-0.1, -0.05) is 12.1 Å². The number of aliphatic hydroxyl groups is 1. The Kier molecular flexibility index (Phi) is 7.26. The maximum Gasteiger partial charge on any atom is 0.416 e. The number of nitrogens with one attached hydrogen (secondary N) is 1. The number of alkyl halides is 3. The molecule has 0 saturated carbocycles. The minimum Gasteiger partial charge on any atom is -0.459 e. The van der Waals surface area contributed by atoms with Gasteiger partial charge in [0.25, 0.3) is 5.91 Å². The van der Waals surface area contributed by atoms with E-state index in [0.29, 0.717) is 25.0 Å². The molecule has 27 heavy (non-hydrogen) atoms. The van der Waals surface area contributed by atoms with Crippen LogP contribution in [0.1, 0.15) is 36.8 Å². The lowest BCUT2D eigenvalue weighted by molar-refractivity contribution is -0.166. The zero-order valence-corrected chi connectivity index (χ0v) is 15.3. The minimum atomic E-state index is -4.42. The second-order valence-electron chi connectivity index (χ2n) is 6.23. The molecule has 3 atom stereocenters. The minimum absolute atomic E-state index is 0.0267. The zero-order chi connectivity index (χ0) is 20.0. The molecule has 150 valence electrons. The van der Waals surface area contributed by atoms with Crippen LogP contribution in [0.25, 0.3) is 0 Å². The van der Waals surface area contributed by atoms with E-state index in [9.17, 15) is 23.1 Å². The van der Waals surface area contributed by atoms with E-state index < -0.39 is 23.9 Å². The summed E-state index contributed by atoms with van der Waals surface area (Å²) in [6.45, 7) is 2.11. The van der Waals surface area contributed by atoms with Crippen molar-refractivity contribution in [1.29, 1.82) is 0 Å². The summed E-state index contributed by atoms with van der Waals surface area (Å²) in [5, 5.41) is 11.7. The van der Waals surface area contributed by atoms with Gasteiger partial charge in [-0.05, 0) is 43.5 Å². The van der Waals surface area contributed by atoms with Gasteiger partial charge in [0, 0.05) is 32.1 Å². The standard InChI is InChI=1S/C19H24F3NO4/c1-3-26-18-14(5-4-10-24)15(11-16(27-18)17(25)23-2)12-6-8-13(9-7-12)19(20,21)22/h6-9,11,14-15,18,24H,3-5,10H2,1-2H3,(H,23,25)/t14-,15+,18+/m0/s1. The molecule has 0 saturated heterocycles. The van der Waals surface area contributed by atoms with Crippen LogP contribution in [-0.2, 0) is 20.4 Å². The van der Waals surface area contributed by atoms with Crippen LogP contribution in [0.5, 0.6) is 0 Å². The lowest BCUT2D eigenvalue weighted by Crippen LogP contribution is -2.38. The number of likely N-dealkylation sites (N-methyl/N-ethyl adjacent to an activating group) is 1. The molecule has 1 aliphatic heterocycles. The van der Waals surface area contributed by atoms with E-state index >= 15 is 0 Å². The third-order valence-corrected chi connectivity index (χ3v) is 4.49. The van der Waals surface area contributed by atoms with Crippen molar-refractivity contribution in [2.75, 3.05) is 20.3 Å². The van der Waals surface area contributed by atoms with Crippen molar-refractivity contribution < 1.29 is 32.5 Å². The summed E-state index contributed by atoms with van der Waals surface area (Å²) in [5.74, 6) is -0.989. The Morgan fingerprint density at radius 1 is 1.30 bits per heavy atom. The predicted octanol–water partition coefficient (Wildman–Crippen LogP) is 3.20. The number of allylic oxidation sites excluding steroid dienone is 1. The molecule has 2 N–H and O–H groups in total. The van der Waals surface area contributed by atoms with E-state index in [1.54, 1.807) is 13.0 Å². The smallest absolute Gasteiger partial charge is 0.416 e. The van der Waals surface area contributed by atoms with Crippen LogP contribution >= 0.6 is 0 Å². The summed E-state index contributed by atoms with van der Waals surface area (Å²) >= 11 is 0. The molecular formula is C19H24F3NO4. The number of hydrogen-bond acceptors (Lipinski definition) is 4. The first-order valence-electron chi connectivity index (χ1n) is 8.82. The first kappa shape index (κ1) is 21.2. The lowest BCUT2D eigenvalue weighted by Gasteiger charge is -2.37. The monoisotopic (exact) mass is 387 g/mol. The summed E-state index contributed by atoms with van der Waals surface area (Å²) in [6.07, 6.45) is -2.52. The molecule has 0 bridgehead atoms. The predicted molar refractivity (Wildman–Crippen MR) is 92.6 cm³/mol. The van der Waals surface area contributed by atoms with Crippen LogP contribution in [0.15, 0.2) is 36.1 Å². The van der Waals surface area contributed by atoms with Gasteiger partial charge >= 0.3 is 6.18 Å². The third-order valence-electron chi connectivity index (χ3n) is 4.49. The van der Waals surface area contributed by atoms with Gasteiger partial charge in [0.15, 0.2) is 5.76 Å². The van der Waals surface area contributed by atoms with Crippen LogP contribution in [0.3, 0.4) is 0 Å². The number of halogens is 3. The maximum atomic E-state index is 12.8. The number of ether oxygens (including phenoxy) is 2. The van der Waals surface area contributed by atoms with Crippen LogP contribution < -0.4 is 5.32 Å². The Labute approximate surface area is 156 Å². The average Bonchev–Trinajstić information content (AvgIpc) is 2.65. The van der Waals surface area contributed by atoms with Gasteiger partial charge in [0.1, 0.15) is 0 Å². The normalized spacial score (nSPS) is 22.7. The molecule has 0 radical (unpaired) electrons. The number of amides is 1. The average molecular weight is 387 g/mol. The largest absolute Gasteiger partial charge is 0.459 e. The number of aliphatic hydroxyl groups excluding tert-OH is 1. The van der Waals surface area contributed by atoms with E-state index in [0.717, 1.165) is 12.1 Å². The Morgan fingerprint density at radius 2 is 1.96 bits per heavy atom. The highest BCUT2D eigenvalue weighted by Crippen LogP contribution is 2.40. The van der Waals surface area contributed by atoms with E-state index in [2.05, 4.69) is 5.32 Å². The van der Waals surface area contributed by atoms with E-state index in [1.807, 2.05) is 0 Å². The summed E-state index contributed by atoms with van der Waals surface area (Å²) < 4.78 is 49.9. The number of rotatable bonds is 7. The fourth-order valence-corrected chi connectivity index (χ4v) is 3.16. The fourth-order valence-electron chi connectivity index (χ4n) is 3.16. The van der Waals surface area contributed by atoms with Gasteiger partial charge in [-0.2, -0.15) is 13.2 Å². The highest BCUT2D eigenvalue weighted by molar-refractivity contribution is 5.91. The van der Waals surface area contributed by atoms with Crippen LogP contribution in [0.2, 0.25) is 0 Å². The summed E-state index contributed by atoms with van der Waals surface area (Å²) in [5.41, 5.74) is -0.109. The summed E-state index contributed by atoms with van der Waals surface area (Å²) in [4.78, 5) is 12.1. The van der Waals surface area contributed by atoms with E-state index in [4.69, 9.17) is 9.47 Å². The van der Waals surface area contributed by atoms with Gasteiger partial charge in [0.05, 0.1) is 5.56 Å². The second kappa shape index (κ2) is 9.23. The molecule has 2 rings (SSSR count). The number of hydrogen-bond donors (Lipinski definition) is 2. The molecule has 5 nitrogen and oxygen atoms in total. The van der Waals surface area contributed by atoms with Gasteiger partial charge in [-0.15, -0.1) is 0 Å². The molecule has 0 aliphatic carbocycles. The molecule has 8 heteroatoms. The molecule has 1 aromatic carbocycles. The van der Waals surface area contributed by atoms with Gasteiger partial charge < -0.3 is 19.9 Å². The molecule has 0 aromatic heterocycles. The second-order valence-corrected chi connectivity index (χ2v) is 6.23. The SMILES string of the molecule is CCO[C@@H]1OC(C(=O)NC)=C[C@H](c2ccc(C(F)(F)F)cc2)[C@@H]1CCCO. The quantitative estimate of drug-likeness (QED) is 0.754. The molecule has 1 heterocycles. The molecule has 0 unspecified atom stereocenters. The van der Waals surface area contributed by atoms with Crippen molar-refractivity contribution in [2.45, 2.75) is 38.1 Å². The van der Waals surface area contributed by atoms with Gasteiger partial charge in [-0.25, -0.2) is 0 Å². The highest BCUT2D eigenvalue weighted by atomic mass is 19.4. The molecule has 1 amide bonds. The van der Waals surface area contributed by atoms with Gasteiger partial charge in [-0.3, -0.25) is 4.79 Å². The highest BCUT2D eigenvalue weighted by Gasteiger charge is 2.38. The van der Waals surface area contributed by atoms with Crippen LogP contribution in [-0.4, -0.2) is 37.6 Å². The van der Waals surface area contributed by atoms with Crippen molar-refractivity contribution in [3.8, 4) is 0 Å². The van der Waals surface area contributed by atoms with Crippen molar-refractivity contribution in [1.82, 2.24) is 5.32 Å². The Balaban J connectivity index is 2.42. The third kappa shape index (κ3) is 5.23. The van der Waals surface area contributed by atoms with Crippen LogP contribution in [0, 0.1) is 5.92 Å². The Hall–Kier alpha value is -2.06. The van der Waals surface area contributed by atoms with Crippen molar-refractivity contribution in [3.63, 3.8) is 0 Å². The van der Waals surface area contributed by atoms with Crippen molar-refractivity contribution in [2.24, 2.45) is 5.92 Å². The molecule has 0 fully saturated rings. The Bertz CT molecular complexity index is 658. The van der Waals surface area contributed by atoms with E-state index in [-0.39, 0.29) is 24.2 Å². The fraction of sp³-hybridized carbons (Fsp3) is 0.526. The van der Waals surface area contributed by atoms with Gasteiger partial charge in [0.2, 0.25) is 6.29 Å². The molecule has 1 aliphatic rings. The number of benzene rings is 1. The Morgan fingerprint density at radius 3 is 2.48 bits per heavy atom. The zero-order valence-electron chi connectivity index (χ0n) is 15.3. The molecule has 0 spiro atoms. The van der Waals surface area contributed by atoms with Crippen molar-refractivity contribution in [3.05, 3.63) is 47.2 Å². The maximum absolute atomic E-state index is 12.8. The lowest BCUT2D eigenvalue weighted by atomic mass is 9.80. The first-order chi connectivity index (χ1) is 12.8. The van der Waals surface area contributed by atoms with E-state index in [1.165, 1.54) is 19.2 Å². The number of carbonyl (C=O) groups excluding carboxylic acids is 1. The molecule has 1 aromatic rings.